The minimum Gasteiger partial charge on any atom is -0.481 e. The van der Waals surface area contributed by atoms with E-state index in [1.165, 1.54) is 0 Å². The lowest BCUT2D eigenvalue weighted by atomic mass is 10.1. The Bertz CT molecular complexity index is 1430. The van der Waals surface area contributed by atoms with Gasteiger partial charge in [0.05, 0.1) is 12.4 Å². The number of hydrogen-bond acceptors (Lipinski definition) is 11. The first kappa shape index (κ1) is 31.4. The van der Waals surface area contributed by atoms with Crippen molar-refractivity contribution in [2.75, 3.05) is 29.5 Å². The largest absolute Gasteiger partial charge is 0.481 e. The summed E-state index contributed by atoms with van der Waals surface area (Å²) in [5, 5.41) is 35.3. The molecule has 2 heterocycles. The van der Waals surface area contributed by atoms with E-state index in [2.05, 4.69) is 70.2 Å². The van der Waals surface area contributed by atoms with Crippen LogP contribution in [0.15, 0.2) is 34.7 Å². The molecule has 0 radical (unpaired) electrons. The van der Waals surface area contributed by atoms with Crippen molar-refractivity contribution in [2.24, 2.45) is 7.05 Å². The highest BCUT2D eigenvalue weighted by molar-refractivity contribution is 7.94. The van der Waals surface area contributed by atoms with Crippen LogP contribution in [0.2, 0.25) is 0 Å². The molecule has 0 amide bonds. The second kappa shape index (κ2) is 15.6. The van der Waals surface area contributed by atoms with Gasteiger partial charge in [0, 0.05) is 103 Å². The van der Waals surface area contributed by atoms with Crippen molar-refractivity contribution >= 4 is 68.6 Å². The van der Waals surface area contributed by atoms with Crippen LogP contribution >= 0.6 is 24.1 Å². The summed E-state index contributed by atoms with van der Waals surface area (Å²) < 4.78 is 19.5. The van der Waals surface area contributed by atoms with Crippen molar-refractivity contribution in [3.05, 3.63) is 36.2 Å². The van der Waals surface area contributed by atoms with E-state index in [0.717, 1.165) is 114 Å². The maximum Gasteiger partial charge on any atom is 0.344 e. The molecule has 0 aliphatic rings. The van der Waals surface area contributed by atoms with Crippen LogP contribution in [-0.4, -0.2) is 50.8 Å². The summed E-state index contributed by atoms with van der Waals surface area (Å²) >= 11 is 2.08. The van der Waals surface area contributed by atoms with Gasteiger partial charge < -0.3 is 19.0 Å². The molecule has 0 aliphatic carbocycles. The zero-order chi connectivity index (χ0) is 29.2. The van der Waals surface area contributed by atoms with Crippen molar-refractivity contribution in [3.8, 4) is 0 Å². The Kier molecular flexibility index (Phi) is 11.9. The second-order valence-corrected chi connectivity index (χ2v) is 11.3. The van der Waals surface area contributed by atoms with Crippen molar-refractivity contribution < 1.29 is 48.1 Å². The lowest BCUT2D eigenvalue weighted by molar-refractivity contribution is -0.683. The molecule has 224 valence electrons. The van der Waals surface area contributed by atoms with Crippen LogP contribution in [-0.2, 0) is 37.1 Å². The van der Waals surface area contributed by atoms with Crippen molar-refractivity contribution in [1.82, 2.24) is 4.57 Å². The van der Waals surface area contributed by atoms with Gasteiger partial charge in [-0.2, -0.15) is 4.57 Å². The van der Waals surface area contributed by atoms with E-state index in [-0.39, 0.29) is 6.42 Å². The third-order valence-corrected chi connectivity index (χ3v) is 8.33. The smallest absolute Gasteiger partial charge is 0.344 e. The Morgan fingerprint density at radius 3 is 2.29 bits per heavy atom. The standard InChI is InChI=1S/C27H35N3O9S2/c1-19-30(13-5-3-4-8-27(31)32)25-17-22-21-16-20(9-10-23(21)28(2)24(22)18-26(25)35-19)29(11-6-14-40-38-36-33)12-7-15-41-39-37-34/h9-10,16-18H,3-8,11-15H2,1-2H3,(H2-,31,32,33,34)/p+1. The minimum atomic E-state index is -0.757. The lowest BCUT2D eigenvalue weighted by Gasteiger charge is -2.25. The zero-order valence-electron chi connectivity index (χ0n) is 23.1. The molecule has 0 fully saturated rings. The summed E-state index contributed by atoms with van der Waals surface area (Å²) in [5.74, 6) is 1.34. The number of rotatable bonds is 19. The van der Waals surface area contributed by atoms with Gasteiger partial charge in [-0.25, -0.2) is 10.5 Å². The maximum atomic E-state index is 10.8. The number of nitrogens with zero attached hydrogens (tertiary/aromatic N) is 3. The highest BCUT2D eigenvalue weighted by Crippen LogP contribution is 2.34. The van der Waals surface area contributed by atoms with Gasteiger partial charge in [-0.3, -0.25) is 4.79 Å². The molecule has 3 N–H and O–H groups in total. The van der Waals surface area contributed by atoms with E-state index in [9.17, 15) is 4.79 Å². The molecular weight excluding hydrogens is 574 g/mol. The number of carbonyl (C=O) groups is 1. The maximum absolute atomic E-state index is 10.8. The molecular formula is C27H36N3O9S2+. The quantitative estimate of drug-likeness (QED) is 0.0375. The van der Waals surface area contributed by atoms with E-state index in [1.54, 1.807) is 0 Å². The number of hydrogen-bond donors (Lipinski definition) is 3. The van der Waals surface area contributed by atoms with E-state index >= 15 is 0 Å². The first-order chi connectivity index (χ1) is 19.9. The molecule has 12 nitrogen and oxygen atoms in total. The average molecular weight is 611 g/mol. The van der Waals surface area contributed by atoms with E-state index in [0.29, 0.717) is 17.9 Å². The molecule has 0 saturated carbocycles. The van der Waals surface area contributed by atoms with Crippen LogP contribution in [0.25, 0.3) is 32.9 Å². The molecule has 0 atom stereocenters. The van der Waals surface area contributed by atoms with Crippen LogP contribution in [0, 0.1) is 6.92 Å². The third kappa shape index (κ3) is 8.05. The van der Waals surface area contributed by atoms with Gasteiger partial charge in [0.2, 0.25) is 5.58 Å². The van der Waals surface area contributed by atoms with Crippen LogP contribution in [0.1, 0.15) is 44.4 Å². The third-order valence-electron chi connectivity index (χ3n) is 7.10. The number of aryl methyl sites for hydroxylation is 3. The fourth-order valence-corrected chi connectivity index (χ4v) is 5.91. The molecule has 2 aromatic carbocycles. The fourth-order valence-electron chi connectivity index (χ4n) is 5.20. The summed E-state index contributed by atoms with van der Waals surface area (Å²) in [7, 11) is 2.06. The number of benzene rings is 2. The van der Waals surface area contributed by atoms with Crippen LogP contribution in [0.3, 0.4) is 0 Å². The number of aromatic nitrogens is 2. The fraction of sp³-hybridized carbons (Fsp3) is 0.481. The molecule has 14 heteroatoms. The van der Waals surface area contributed by atoms with E-state index in [1.807, 2.05) is 6.92 Å². The summed E-state index contributed by atoms with van der Waals surface area (Å²) in [4.78, 5) is 13.1. The predicted octanol–water partition coefficient (Wildman–Crippen LogP) is 6.04. The Hall–Kier alpha value is -2.56. The predicted molar refractivity (Wildman–Crippen MR) is 157 cm³/mol. The SMILES string of the molecule is Cc1oc2cc3c(cc2[n+]1CCCCCC(=O)O)c1cc(N(CCCSOOO)CCCSOOO)ccc1n3C. The molecule has 0 aliphatic heterocycles. The molecule has 0 unspecified atom stereocenters. The molecule has 41 heavy (non-hydrogen) atoms. The van der Waals surface area contributed by atoms with Gasteiger partial charge in [0.25, 0.3) is 5.52 Å². The number of anilines is 1. The van der Waals surface area contributed by atoms with Gasteiger partial charge >= 0.3 is 11.9 Å². The lowest BCUT2D eigenvalue weighted by Crippen LogP contribution is -2.35. The summed E-state index contributed by atoms with van der Waals surface area (Å²) in [6.07, 6.45) is 4.18. The highest BCUT2D eigenvalue weighted by atomic mass is 32.2. The highest BCUT2D eigenvalue weighted by Gasteiger charge is 2.22. The number of carboxylic acids is 1. The van der Waals surface area contributed by atoms with Gasteiger partial charge in [-0.05, 0) is 43.9 Å². The Morgan fingerprint density at radius 2 is 1.63 bits per heavy atom. The molecule has 0 bridgehead atoms. The Balaban J connectivity index is 1.61. The van der Waals surface area contributed by atoms with Gasteiger partial charge in [0.1, 0.15) is 0 Å². The van der Waals surface area contributed by atoms with Gasteiger partial charge in [-0.1, -0.05) is 10.1 Å². The van der Waals surface area contributed by atoms with Gasteiger partial charge in [-0.15, -0.1) is 8.67 Å². The van der Waals surface area contributed by atoms with E-state index in [4.69, 9.17) is 20.0 Å². The first-order valence-electron chi connectivity index (χ1n) is 13.5. The first-order valence-corrected chi connectivity index (χ1v) is 15.3. The van der Waals surface area contributed by atoms with Crippen molar-refractivity contribution in [3.63, 3.8) is 0 Å². The molecule has 2 aromatic heterocycles. The van der Waals surface area contributed by atoms with Crippen LogP contribution in [0.5, 0.6) is 0 Å². The number of oxazole rings is 1. The molecule has 0 spiro atoms. The average Bonchev–Trinajstić information content (AvgIpc) is 3.41. The summed E-state index contributed by atoms with van der Waals surface area (Å²) in [6.45, 7) is 4.24. The monoisotopic (exact) mass is 610 g/mol. The van der Waals surface area contributed by atoms with Crippen molar-refractivity contribution in [1.29, 1.82) is 0 Å². The van der Waals surface area contributed by atoms with Gasteiger partial charge in [0.15, 0.2) is 6.54 Å². The molecule has 4 rings (SSSR count). The number of aliphatic carboxylic acids is 1. The van der Waals surface area contributed by atoms with E-state index < -0.39 is 5.97 Å². The summed E-state index contributed by atoms with van der Waals surface area (Å²) in [5.41, 5.74) is 5.11. The zero-order valence-corrected chi connectivity index (χ0v) is 24.7. The molecule has 4 aromatic rings. The second-order valence-electron chi connectivity index (χ2n) is 9.70. The minimum absolute atomic E-state index is 0.194. The van der Waals surface area contributed by atoms with Crippen LogP contribution < -0.4 is 9.47 Å². The topological polar surface area (TPSA) is 140 Å². The summed E-state index contributed by atoms with van der Waals surface area (Å²) in [6, 6.07) is 10.8. The number of carboxylic acid groups (broad SMARTS) is 1. The normalized spacial score (nSPS) is 11.8. The number of fused-ring (bicyclic) bond motifs is 4. The van der Waals surface area contributed by atoms with Crippen molar-refractivity contribution in [2.45, 2.75) is 52.0 Å². The van der Waals surface area contributed by atoms with Crippen LogP contribution in [0.4, 0.5) is 5.69 Å². The Morgan fingerprint density at radius 1 is 0.951 bits per heavy atom. The molecule has 0 saturated heterocycles. The Labute approximate surface area is 245 Å². The number of unbranched alkanes of at least 4 members (excludes halogenated alkanes) is 2.